The minimum absolute atomic E-state index is 0.102. The van der Waals surface area contributed by atoms with E-state index in [1.54, 1.807) is 6.20 Å². The molecule has 1 aromatic carbocycles. The van der Waals surface area contributed by atoms with Gasteiger partial charge in [-0.25, -0.2) is 9.97 Å². The fourth-order valence-corrected chi connectivity index (χ4v) is 4.08. The Hall–Kier alpha value is -3.22. The predicted molar refractivity (Wildman–Crippen MR) is 117 cm³/mol. The number of carbonyl (C=O) groups is 1. The van der Waals surface area contributed by atoms with Crippen LogP contribution in [0.5, 0.6) is 5.75 Å². The molecule has 0 N–H and O–H groups in total. The zero-order chi connectivity index (χ0) is 21.8. The van der Waals surface area contributed by atoms with Gasteiger partial charge in [-0.2, -0.15) is 0 Å². The Bertz CT molecular complexity index is 1050. The van der Waals surface area contributed by atoms with Gasteiger partial charge in [0, 0.05) is 18.8 Å². The van der Waals surface area contributed by atoms with Crippen molar-refractivity contribution >= 4 is 5.91 Å². The van der Waals surface area contributed by atoms with Crippen molar-refractivity contribution in [2.45, 2.75) is 52.5 Å². The lowest BCUT2D eigenvalue weighted by molar-refractivity contribution is -0.134. The van der Waals surface area contributed by atoms with Crippen LogP contribution in [0.4, 0.5) is 0 Å². The molecule has 0 unspecified atom stereocenters. The predicted octanol–water partition coefficient (Wildman–Crippen LogP) is 4.44. The van der Waals surface area contributed by atoms with Crippen molar-refractivity contribution in [3.8, 4) is 17.1 Å². The maximum atomic E-state index is 13.3. The number of likely N-dealkylation sites (tertiary alicyclic amines) is 1. The van der Waals surface area contributed by atoms with Crippen LogP contribution in [0, 0.1) is 13.8 Å². The fraction of sp³-hybridized carbons (Fsp3) is 0.417. The number of hydrogen-bond donors (Lipinski definition) is 0. The second kappa shape index (κ2) is 9.29. The van der Waals surface area contributed by atoms with Crippen molar-refractivity contribution in [2.75, 3.05) is 13.2 Å². The van der Waals surface area contributed by atoms with Crippen molar-refractivity contribution in [1.29, 1.82) is 0 Å². The van der Waals surface area contributed by atoms with Crippen LogP contribution in [0.1, 0.15) is 55.0 Å². The molecule has 0 bridgehead atoms. The van der Waals surface area contributed by atoms with E-state index in [-0.39, 0.29) is 11.9 Å². The number of benzene rings is 1. The zero-order valence-corrected chi connectivity index (χ0v) is 18.3. The Kier molecular flexibility index (Phi) is 6.30. The average molecular weight is 421 g/mol. The summed E-state index contributed by atoms with van der Waals surface area (Å²) >= 11 is 0. The van der Waals surface area contributed by atoms with Crippen LogP contribution in [0.2, 0.25) is 0 Å². The molecule has 1 aliphatic rings. The topological polar surface area (TPSA) is 81.4 Å². The molecular formula is C24H28N4O3. The first-order valence-electron chi connectivity index (χ1n) is 10.8. The Morgan fingerprint density at radius 3 is 2.74 bits per heavy atom. The smallest absolute Gasteiger partial charge is 0.227 e. The monoisotopic (exact) mass is 420 g/mol. The number of aromatic nitrogens is 3. The summed E-state index contributed by atoms with van der Waals surface area (Å²) in [6.07, 6.45) is 5.04. The van der Waals surface area contributed by atoms with Crippen LogP contribution in [0.3, 0.4) is 0 Å². The lowest BCUT2D eigenvalue weighted by Crippen LogP contribution is -2.40. The highest BCUT2D eigenvalue weighted by atomic mass is 16.5. The molecule has 0 spiro atoms. The number of ether oxygens (including phenoxy) is 1. The first-order chi connectivity index (χ1) is 15.0. The molecule has 1 aliphatic heterocycles. The highest BCUT2D eigenvalue weighted by molar-refractivity contribution is 5.79. The number of rotatable bonds is 6. The molecule has 2 aromatic heterocycles. The van der Waals surface area contributed by atoms with Crippen LogP contribution in [0.25, 0.3) is 11.3 Å². The lowest BCUT2D eigenvalue weighted by Gasteiger charge is -2.36. The van der Waals surface area contributed by atoms with E-state index < -0.39 is 0 Å². The Morgan fingerprint density at radius 1 is 1.23 bits per heavy atom. The molecule has 7 heteroatoms. The SMILES string of the molecule is CCOc1ccc(CC(=O)N2CCCC[C@@H]2c2nc(C)ncc2-c2cc(C)no2)cc1. The molecule has 3 aromatic rings. The highest BCUT2D eigenvalue weighted by Gasteiger charge is 2.32. The second-order valence-corrected chi connectivity index (χ2v) is 7.90. The van der Waals surface area contributed by atoms with Crippen molar-refractivity contribution < 1.29 is 14.1 Å². The third-order valence-corrected chi connectivity index (χ3v) is 5.56. The van der Waals surface area contributed by atoms with Crippen molar-refractivity contribution in [2.24, 2.45) is 0 Å². The summed E-state index contributed by atoms with van der Waals surface area (Å²) in [5, 5.41) is 4.01. The van der Waals surface area contributed by atoms with E-state index in [0.717, 1.165) is 54.1 Å². The molecule has 4 rings (SSSR count). The fourth-order valence-electron chi connectivity index (χ4n) is 4.08. The second-order valence-electron chi connectivity index (χ2n) is 7.90. The quantitative estimate of drug-likeness (QED) is 0.586. The van der Waals surface area contributed by atoms with E-state index in [1.807, 2.05) is 56.0 Å². The van der Waals surface area contributed by atoms with Crippen LogP contribution >= 0.6 is 0 Å². The average Bonchev–Trinajstić information content (AvgIpc) is 3.21. The van der Waals surface area contributed by atoms with Gasteiger partial charge in [-0.3, -0.25) is 4.79 Å². The summed E-state index contributed by atoms with van der Waals surface area (Å²) in [5.41, 5.74) is 3.41. The van der Waals surface area contributed by atoms with Crippen LogP contribution in [-0.4, -0.2) is 39.1 Å². The molecule has 0 aliphatic carbocycles. The Balaban J connectivity index is 1.60. The van der Waals surface area contributed by atoms with Gasteiger partial charge in [0.15, 0.2) is 5.76 Å². The summed E-state index contributed by atoms with van der Waals surface area (Å²) in [6, 6.07) is 9.52. The molecular weight excluding hydrogens is 392 g/mol. The van der Waals surface area contributed by atoms with Gasteiger partial charge in [0.25, 0.3) is 0 Å². The zero-order valence-electron chi connectivity index (χ0n) is 18.3. The van der Waals surface area contributed by atoms with Crippen LogP contribution in [0.15, 0.2) is 41.1 Å². The van der Waals surface area contributed by atoms with E-state index in [2.05, 4.69) is 10.1 Å². The maximum absolute atomic E-state index is 13.3. The molecule has 31 heavy (non-hydrogen) atoms. The van der Waals surface area contributed by atoms with Gasteiger partial charge in [0.1, 0.15) is 11.6 Å². The summed E-state index contributed by atoms with van der Waals surface area (Å²) in [4.78, 5) is 24.4. The Labute approximate surface area is 182 Å². The third-order valence-electron chi connectivity index (χ3n) is 5.56. The summed E-state index contributed by atoms with van der Waals surface area (Å²) < 4.78 is 11.0. The van der Waals surface area contributed by atoms with Crippen LogP contribution < -0.4 is 4.74 Å². The van der Waals surface area contributed by atoms with Crippen molar-refractivity contribution in [3.63, 3.8) is 0 Å². The standard InChI is InChI=1S/C24H28N4O3/c1-4-30-19-10-8-18(9-11-19)14-23(29)28-12-6-5-7-21(28)24-20(15-25-17(3)26-24)22-13-16(2)27-31-22/h8-11,13,15,21H,4-7,12,14H2,1-3H3/t21-/m1/s1. The van der Waals surface area contributed by atoms with Crippen molar-refractivity contribution in [3.05, 3.63) is 59.3 Å². The molecule has 1 amide bonds. The number of piperidine rings is 1. The third kappa shape index (κ3) is 4.76. The van der Waals surface area contributed by atoms with Crippen LogP contribution in [-0.2, 0) is 11.2 Å². The molecule has 1 fully saturated rings. The number of aryl methyl sites for hydroxylation is 2. The highest BCUT2D eigenvalue weighted by Crippen LogP contribution is 2.36. The summed E-state index contributed by atoms with van der Waals surface area (Å²) in [6.45, 7) is 7.05. The molecule has 7 nitrogen and oxygen atoms in total. The van der Waals surface area contributed by atoms with Gasteiger partial charge in [-0.1, -0.05) is 17.3 Å². The maximum Gasteiger partial charge on any atom is 0.227 e. The van der Waals surface area contributed by atoms with E-state index in [1.165, 1.54) is 0 Å². The number of nitrogens with zero attached hydrogens (tertiary/aromatic N) is 4. The molecule has 3 heterocycles. The lowest BCUT2D eigenvalue weighted by atomic mass is 9.94. The number of carbonyl (C=O) groups excluding carboxylic acids is 1. The Morgan fingerprint density at radius 2 is 2.03 bits per heavy atom. The molecule has 0 radical (unpaired) electrons. The number of amides is 1. The molecule has 162 valence electrons. The van der Waals surface area contributed by atoms with E-state index in [0.29, 0.717) is 24.6 Å². The largest absolute Gasteiger partial charge is 0.494 e. The minimum atomic E-state index is -0.106. The van der Waals surface area contributed by atoms with E-state index in [9.17, 15) is 4.79 Å². The molecule has 0 saturated carbocycles. The first-order valence-corrected chi connectivity index (χ1v) is 10.8. The van der Waals surface area contributed by atoms with Gasteiger partial charge in [-0.05, 0) is 57.7 Å². The normalized spacial score (nSPS) is 16.4. The van der Waals surface area contributed by atoms with E-state index >= 15 is 0 Å². The van der Waals surface area contributed by atoms with Gasteiger partial charge >= 0.3 is 0 Å². The minimum Gasteiger partial charge on any atom is -0.494 e. The van der Waals surface area contributed by atoms with Gasteiger partial charge < -0.3 is 14.2 Å². The summed E-state index contributed by atoms with van der Waals surface area (Å²) in [7, 11) is 0. The van der Waals surface area contributed by atoms with E-state index in [4.69, 9.17) is 14.2 Å². The van der Waals surface area contributed by atoms with Gasteiger partial charge in [-0.15, -0.1) is 0 Å². The first kappa shape index (κ1) is 21.0. The molecule has 1 atom stereocenters. The summed E-state index contributed by atoms with van der Waals surface area (Å²) in [5.74, 6) is 2.24. The molecule has 1 saturated heterocycles. The van der Waals surface area contributed by atoms with Gasteiger partial charge in [0.05, 0.1) is 36.0 Å². The van der Waals surface area contributed by atoms with Gasteiger partial charge in [0.2, 0.25) is 5.91 Å². The van der Waals surface area contributed by atoms with Crippen molar-refractivity contribution in [1.82, 2.24) is 20.0 Å². The number of hydrogen-bond acceptors (Lipinski definition) is 6.